The Hall–Kier alpha value is -2.76. The van der Waals surface area contributed by atoms with Crippen molar-refractivity contribution in [2.75, 3.05) is 30.4 Å². The van der Waals surface area contributed by atoms with Crippen molar-refractivity contribution >= 4 is 17.4 Å². The summed E-state index contributed by atoms with van der Waals surface area (Å²) in [4.78, 5) is 25.6. The Labute approximate surface area is 148 Å². The molecule has 0 aliphatic rings. The van der Waals surface area contributed by atoms with Crippen LogP contribution in [0, 0.1) is 0 Å². The van der Waals surface area contributed by atoms with Gasteiger partial charge in [0.2, 0.25) is 5.56 Å². The minimum atomic E-state index is -0.215. The van der Waals surface area contributed by atoms with Gasteiger partial charge in [0.1, 0.15) is 0 Å². The first-order chi connectivity index (χ1) is 12.1. The lowest BCUT2D eigenvalue weighted by Crippen LogP contribution is -2.30. The fourth-order valence-electron chi connectivity index (χ4n) is 2.43. The molecule has 0 aliphatic heterocycles. The van der Waals surface area contributed by atoms with Crippen LogP contribution in [0.25, 0.3) is 0 Å². The molecule has 0 saturated heterocycles. The SMILES string of the molecule is CCN(C)c1cccc(NC(=O)NCCCCn2ccccc2=O)c1. The predicted molar refractivity (Wildman–Crippen MR) is 102 cm³/mol. The van der Waals surface area contributed by atoms with Gasteiger partial charge in [0.05, 0.1) is 0 Å². The van der Waals surface area contributed by atoms with Crippen molar-refractivity contribution in [1.29, 1.82) is 0 Å². The summed E-state index contributed by atoms with van der Waals surface area (Å²) < 4.78 is 1.68. The number of hydrogen-bond donors (Lipinski definition) is 2. The maximum Gasteiger partial charge on any atom is 0.319 e. The molecule has 0 saturated carbocycles. The van der Waals surface area contributed by atoms with Crippen LogP contribution in [-0.2, 0) is 6.54 Å². The number of anilines is 2. The molecule has 1 aromatic heterocycles. The molecule has 6 heteroatoms. The van der Waals surface area contributed by atoms with Crippen LogP contribution in [0.3, 0.4) is 0 Å². The summed E-state index contributed by atoms with van der Waals surface area (Å²) in [5.74, 6) is 0. The third-order valence-corrected chi connectivity index (χ3v) is 4.03. The summed E-state index contributed by atoms with van der Waals surface area (Å²) >= 11 is 0. The van der Waals surface area contributed by atoms with Crippen molar-refractivity contribution in [2.45, 2.75) is 26.3 Å². The first-order valence-electron chi connectivity index (χ1n) is 8.61. The summed E-state index contributed by atoms with van der Waals surface area (Å²) in [7, 11) is 2.01. The van der Waals surface area contributed by atoms with Gasteiger partial charge in [-0.1, -0.05) is 12.1 Å². The van der Waals surface area contributed by atoms with E-state index in [1.165, 1.54) is 0 Å². The highest BCUT2D eigenvalue weighted by Crippen LogP contribution is 2.17. The highest BCUT2D eigenvalue weighted by Gasteiger charge is 2.04. The molecule has 6 nitrogen and oxygen atoms in total. The summed E-state index contributed by atoms with van der Waals surface area (Å²) in [6.07, 6.45) is 3.43. The monoisotopic (exact) mass is 342 g/mol. The van der Waals surface area contributed by atoms with E-state index in [0.29, 0.717) is 13.1 Å². The summed E-state index contributed by atoms with van der Waals surface area (Å²) in [5, 5.41) is 5.69. The van der Waals surface area contributed by atoms with Crippen LogP contribution in [0.1, 0.15) is 19.8 Å². The van der Waals surface area contributed by atoms with Crippen molar-refractivity contribution in [3.05, 3.63) is 59.0 Å². The number of nitrogens with zero attached hydrogens (tertiary/aromatic N) is 2. The molecule has 2 aromatic rings. The van der Waals surface area contributed by atoms with Gasteiger partial charge in [0.25, 0.3) is 0 Å². The zero-order chi connectivity index (χ0) is 18.1. The molecular weight excluding hydrogens is 316 g/mol. The fraction of sp³-hybridized carbons (Fsp3) is 0.368. The van der Waals surface area contributed by atoms with Gasteiger partial charge in [-0.25, -0.2) is 4.79 Å². The quantitative estimate of drug-likeness (QED) is 0.725. The maximum atomic E-state index is 12.0. The zero-order valence-corrected chi connectivity index (χ0v) is 14.9. The number of nitrogens with one attached hydrogen (secondary N) is 2. The minimum absolute atomic E-state index is 0.00475. The number of amides is 2. The molecule has 0 radical (unpaired) electrons. The van der Waals surface area contributed by atoms with Gasteiger partial charge >= 0.3 is 6.03 Å². The van der Waals surface area contributed by atoms with E-state index in [-0.39, 0.29) is 11.6 Å². The molecule has 1 aromatic carbocycles. The van der Waals surface area contributed by atoms with Crippen molar-refractivity contribution in [3.8, 4) is 0 Å². The van der Waals surface area contributed by atoms with Crippen LogP contribution >= 0.6 is 0 Å². The lowest BCUT2D eigenvalue weighted by molar-refractivity contribution is 0.252. The van der Waals surface area contributed by atoms with Crippen LogP contribution < -0.4 is 21.1 Å². The second-order valence-electron chi connectivity index (χ2n) is 5.88. The minimum Gasteiger partial charge on any atom is -0.375 e. The Morgan fingerprint density at radius 3 is 2.76 bits per heavy atom. The highest BCUT2D eigenvalue weighted by molar-refractivity contribution is 5.89. The molecule has 0 spiro atoms. The van der Waals surface area contributed by atoms with Crippen LogP contribution in [0.5, 0.6) is 0 Å². The zero-order valence-electron chi connectivity index (χ0n) is 14.9. The number of pyridine rings is 1. The number of urea groups is 1. The molecule has 1 heterocycles. The summed E-state index contributed by atoms with van der Waals surface area (Å²) in [5.41, 5.74) is 1.84. The summed E-state index contributed by atoms with van der Waals surface area (Å²) in [6.45, 7) is 4.22. The van der Waals surface area contributed by atoms with E-state index in [0.717, 1.165) is 30.8 Å². The van der Waals surface area contributed by atoms with Crippen LogP contribution in [0.2, 0.25) is 0 Å². The molecule has 0 unspecified atom stereocenters. The van der Waals surface area contributed by atoms with Gasteiger partial charge in [-0.3, -0.25) is 4.79 Å². The Morgan fingerprint density at radius 1 is 1.16 bits per heavy atom. The molecule has 0 atom stereocenters. The Balaban J connectivity index is 1.71. The van der Waals surface area contributed by atoms with E-state index in [4.69, 9.17) is 0 Å². The van der Waals surface area contributed by atoms with Gasteiger partial charge in [-0.05, 0) is 44.0 Å². The van der Waals surface area contributed by atoms with E-state index in [9.17, 15) is 9.59 Å². The number of unbranched alkanes of at least 4 members (excludes halogenated alkanes) is 1. The van der Waals surface area contributed by atoms with Crippen molar-refractivity contribution in [1.82, 2.24) is 9.88 Å². The van der Waals surface area contributed by atoms with Crippen LogP contribution in [0.15, 0.2) is 53.5 Å². The average Bonchev–Trinajstić information content (AvgIpc) is 2.62. The molecule has 2 amide bonds. The number of aryl methyl sites for hydroxylation is 1. The van der Waals surface area contributed by atoms with Gasteiger partial charge in [-0.2, -0.15) is 0 Å². The standard InChI is InChI=1S/C19H26N4O2/c1-3-22(2)17-10-8-9-16(15-17)21-19(25)20-12-5-7-14-23-13-6-4-11-18(23)24/h4,6,8-11,13,15H,3,5,7,12,14H2,1-2H3,(H2,20,21,25). The van der Waals surface area contributed by atoms with Crippen molar-refractivity contribution in [2.24, 2.45) is 0 Å². The topological polar surface area (TPSA) is 66.4 Å². The Kier molecular flexibility index (Phi) is 7.07. The fourth-order valence-corrected chi connectivity index (χ4v) is 2.43. The van der Waals surface area contributed by atoms with Crippen molar-refractivity contribution < 1.29 is 4.79 Å². The third kappa shape index (κ3) is 5.99. The van der Waals surface area contributed by atoms with Crippen LogP contribution in [0.4, 0.5) is 16.2 Å². The Morgan fingerprint density at radius 2 is 2.00 bits per heavy atom. The number of rotatable bonds is 8. The molecule has 0 aliphatic carbocycles. The first kappa shape index (κ1) is 18.6. The molecule has 2 rings (SSSR count). The van der Waals surface area contributed by atoms with E-state index in [1.54, 1.807) is 22.9 Å². The number of benzene rings is 1. The summed E-state index contributed by atoms with van der Waals surface area (Å²) in [6, 6.07) is 12.7. The molecule has 2 N–H and O–H groups in total. The average molecular weight is 342 g/mol. The van der Waals surface area contributed by atoms with E-state index >= 15 is 0 Å². The number of carbonyl (C=O) groups is 1. The molecule has 25 heavy (non-hydrogen) atoms. The number of carbonyl (C=O) groups excluding carboxylic acids is 1. The maximum absolute atomic E-state index is 12.0. The number of aromatic nitrogens is 1. The number of hydrogen-bond acceptors (Lipinski definition) is 3. The Bertz CT molecular complexity index is 742. The van der Waals surface area contributed by atoms with E-state index < -0.39 is 0 Å². The highest BCUT2D eigenvalue weighted by atomic mass is 16.2. The first-order valence-corrected chi connectivity index (χ1v) is 8.61. The normalized spacial score (nSPS) is 10.3. The second-order valence-corrected chi connectivity index (χ2v) is 5.88. The van der Waals surface area contributed by atoms with Gasteiger partial charge in [0.15, 0.2) is 0 Å². The lowest BCUT2D eigenvalue weighted by Gasteiger charge is -2.17. The van der Waals surface area contributed by atoms with Gasteiger partial charge in [0, 0.05) is 50.3 Å². The van der Waals surface area contributed by atoms with Crippen molar-refractivity contribution in [3.63, 3.8) is 0 Å². The molecule has 0 fully saturated rings. The molecular formula is C19H26N4O2. The van der Waals surface area contributed by atoms with E-state index in [1.807, 2.05) is 37.4 Å². The molecule has 134 valence electrons. The largest absolute Gasteiger partial charge is 0.375 e. The second kappa shape index (κ2) is 9.52. The smallest absolute Gasteiger partial charge is 0.319 e. The lowest BCUT2D eigenvalue weighted by atomic mass is 10.2. The van der Waals surface area contributed by atoms with E-state index in [2.05, 4.69) is 22.5 Å². The third-order valence-electron chi connectivity index (χ3n) is 4.03. The molecule has 0 bridgehead atoms. The van der Waals surface area contributed by atoms with Gasteiger partial charge < -0.3 is 20.1 Å². The van der Waals surface area contributed by atoms with Crippen LogP contribution in [-0.4, -0.2) is 30.7 Å². The predicted octanol–water partition coefficient (Wildman–Crippen LogP) is 2.91. The van der Waals surface area contributed by atoms with Gasteiger partial charge in [-0.15, -0.1) is 0 Å².